The second-order valence-electron chi connectivity index (χ2n) is 8.03. The summed E-state index contributed by atoms with van der Waals surface area (Å²) >= 11 is 0. The molecule has 0 spiro atoms. The SMILES string of the molecule is Nc1ncccc1-c1nc2ccc(-c3ccccc3F)nc2n1-c1ccc2c(c1)CCC2. The molecule has 0 saturated carbocycles. The van der Waals surface area contributed by atoms with Gasteiger partial charge in [-0.15, -0.1) is 0 Å². The van der Waals surface area contributed by atoms with Gasteiger partial charge in [0.2, 0.25) is 0 Å². The van der Waals surface area contributed by atoms with Crippen molar-refractivity contribution in [3.05, 3.63) is 89.9 Å². The van der Waals surface area contributed by atoms with Crippen LogP contribution < -0.4 is 5.73 Å². The van der Waals surface area contributed by atoms with E-state index < -0.39 is 0 Å². The maximum Gasteiger partial charge on any atom is 0.165 e. The van der Waals surface area contributed by atoms with Crippen LogP contribution in [-0.4, -0.2) is 19.5 Å². The zero-order chi connectivity index (χ0) is 21.7. The second-order valence-corrected chi connectivity index (χ2v) is 8.03. The lowest BCUT2D eigenvalue weighted by molar-refractivity contribution is 0.631. The number of nitrogen functional groups attached to an aromatic ring is 1. The molecule has 5 nitrogen and oxygen atoms in total. The molecule has 32 heavy (non-hydrogen) atoms. The molecule has 5 aromatic rings. The van der Waals surface area contributed by atoms with Gasteiger partial charge in [-0.3, -0.25) is 4.57 Å². The Kier molecular flexibility index (Phi) is 4.24. The van der Waals surface area contributed by atoms with Gasteiger partial charge in [-0.1, -0.05) is 18.2 Å². The van der Waals surface area contributed by atoms with Gasteiger partial charge >= 0.3 is 0 Å². The quantitative estimate of drug-likeness (QED) is 0.426. The third kappa shape index (κ3) is 2.95. The number of aromatic nitrogens is 4. The van der Waals surface area contributed by atoms with Crippen LogP contribution in [0.1, 0.15) is 17.5 Å². The predicted molar refractivity (Wildman–Crippen MR) is 124 cm³/mol. The highest BCUT2D eigenvalue weighted by Crippen LogP contribution is 2.33. The minimum atomic E-state index is -0.306. The van der Waals surface area contributed by atoms with Crippen molar-refractivity contribution in [1.82, 2.24) is 19.5 Å². The first-order valence-electron chi connectivity index (χ1n) is 10.7. The summed E-state index contributed by atoms with van der Waals surface area (Å²) in [5.41, 5.74) is 13.0. The summed E-state index contributed by atoms with van der Waals surface area (Å²) in [6.07, 6.45) is 5.00. The molecule has 0 amide bonds. The van der Waals surface area contributed by atoms with Crippen LogP contribution in [0, 0.1) is 5.82 Å². The first-order valence-corrected chi connectivity index (χ1v) is 10.7. The molecule has 2 N–H and O–H groups in total. The number of imidazole rings is 1. The molecule has 3 aromatic heterocycles. The van der Waals surface area contributed by atoms with Crippen molar-refractivity contribution in [2.45, 2.75) is 19.3 Å². The van der Waals surface area contributed by atoms with E-state index >= 15 is 0 Å². The van der Waals surface area contributed by atoms with Gasteiger partial charge in [0.1, 0.15) is 17.2 Å². The number of anilines is 1. The Bertz CT molecular complexity index is 1490. The van der Waals surface area contributed by atoms with Crippen molar-refractivity contribution in [3.8, 4) is 28.3 Å². The van der Waals surface area contributed by atoms with Gasteiger partial charge < -0.3 is 5.73 Å². The van der Waals surface area contributed by atoms with Crippen LogP contribution in [0.15, 0.2) is 72.9 Å². The van der Waals surface area contributed by atoms with Gasteiger partial charge in [0.05, 0.1) is 11.3 Å². The summed E-state index contributed by atoms with van der Waals surface area (Å²) < 4.78 is 16.5. The van der Waals surface area contributed by atoms with Gasteiger partial charge in [0, 0.05) is 17.4 Å². The lowest BCUT2D eigenvalue weighted by Crippen LogP contribution is -2.03. The average molecular weight is 421 g/mol. The van der Waals surface area contributed by atoms with Crippen LogP contribution in [0.4, 0.5) is 10.2 Å². The number of benzene rings is 2. The number of halogens is 1. The zero-order valence-electron chi connectivity index (χ0n) is 17.3. The molecule has 1 aliphatic rings. The molecule has 1 aliphatic carbocycles. The van der Waals surface area contributed by atoms with E-state index in [0.717, 1.165) is 24.1 Å². The second kappa shape index (κ2) is 7.27. The normalized spacial score (nSPS) is 12.9. The number of nitrogens with zero attached hydrogens (tertiary/aromatic N) is 4. The van der Waals surface area contributed by atoms with Gasteiger partial charge in [0.25, 0.3) is 0 Å². The first-order chi connectivity index (χ1) is 15.7. The van der Waals surface area contributed by atoms with Crippen molar-refractivity contribution in [2.24, 2.45) is 0 Å². The monoisotopic (exact) mass is 421 g/mol. The average Bonchev–Trinajstić information content (AvgIpc) is 3.43. The fourth-order valence-electron chi connectivity index (χ4n) is 4.51. The highest BCUT2D eigenvalue weighted by atomic mass is 19.1. The Morgan fingerprint density at radius 2 is 1.69 bits per heavy atom. The van der Waals surface area contributed by atoms with E-state index in [1.807, 2.05) is 28.8 Å². The number of rotatable bonds is 3. The Hall–Kier alpha value is -4.06. The lowest BCUT2D eigenvalue weighted by Gasteiger charge is -2.12. The third-order valence-corrected chi connectivity index (χ3v) is 6.07. The van der Waals surface area contributed by atoms with E-state index in [0.29, 0.717) is 34.1 Å². The van der Waals surface area contributed by atoms with Crippen LogP contribution in [0.25, 0.3) is 39.5 Å². The van der Waals surface area contributed by atoms with Gasteiger partial charge in [0.15, 0.2) is 11.5 Å². The number of pyridine rings is 2. The Labute approximate surface area is 184 Å². The minimum Gasteiger partial charge on any atom is -0.383 e. The summed E-state index contributed by atoms with van der Waals surface area (Å²) in [6, 6.07) is 20.6. The summed E-state index contributed by atoms with van der Waals surface area (Å²) in [4.78, 5) is 14.0. The first kappa shape index (κ1) is 18.7. The van der Waals surface area contributed by atoms with Gasteiger partial charge in [-0.25, -0.2) is 19.3 Å². The predicted octanol–water partition coefficient (Wildman–Crippen LogP) is 5.36. The molecule has 6 rings (SSSR count). The molecule has 0 bridgehead atoms. The summed E-state index contributed by atoms with van der Waals surface area (Å²) in [5, 5.41) is 0. The number of nitrogens with two attached hydrogens (primary N) is 1. The Morgan fingerprint density at radius 1 is 0.844 bits per heavy atom. The molecule has 0 fully saturated rings. The molecule has 0 radical (unpaired) electrons. The van der Waals surface area contributed by atoms with Crippen LogP contribution >= 0.6 is 0 Å². The zero-order valence-corrected chi connectivity index (χ0v) is 17.3. The van der Waals surface area contributed by atoms with Crippen molar-refractivity contribution in [3.63, 3.8) is 0 Å². The van der Waals surface area contributed by atoms with E-state index in [-0.39, 0.29) is 5.82 Å². The maximum absolute atomic E-state index is 14.5. The molecule has 0 unspecified atom stereocenters. The third-order valence-electron chi connectivity index (χ3n) is 6.07. The Balaban J connectivity index is 1.65. The minimum absolute atomic E-state index is 0.306. The van der Waals surface area contributed by atoms with E-state index in [2.05, 4.69) is 23.2 Å². The fourth-order valence-corrected chi connectivity index (χ4v) is 4.51. The number of hydrogen-bond donors (Lipinski definition) is 1. The van der Waals surface area contributed by atoms with Gasteiger partial charge in [-0.2, -0.15) is 0 Å². The van der Waals surface area contributed by atoms with E-state index in [1.165, 1.54) is 23.6 Å². The van der Waals surface area contributed by atoms with Crippen molar-refractivity contribution in [1.29, 1.82) is 0 Å². The summed E-state index contributed by atoms with van der Waals surface area (Å²) in [7, 11) is 0. The highest BCUT2D eigenvalue weighted by molar-refractivity contribution is 5.84. The Morgan fingerprint density at radius 3 is 2.56 bits per heavy atom. The summed E-state index contributed by atoms with van der Waals surface area (Å²) in [5.74, 6) is 0.765. The molecular weight excluding hydrogens is 401 g/mol. The van der Waals surface area contributed by atoms with Crippen LogP contribution in [0.5, 0.6) is 0 Å². The topological polar surface area (TPSA) is 69.6 Å². The molecule has 0 saturated heterocycles. The molecule has 3 heterocycles. The van der Waals surface area contributed by atoms with Crippen LogP contribution in [0.2, 0.25) is 0 Å². The highest BCUT2D eigenvalue weighted by Gasteiger charge is 2.20. The van der Waals surface area contributed by atoms with E-state index in [1.54, 1.807) is 24.4 Å². The van der Waals surface area contributed by atoms with E-state index in [9.17, 15) is 4.39 Å². The summed E-state index contributed by atoms with van der Waals surface area (Å²) in [6.45, 7) is 0. The molecule has 6 heteroatoms. The molecule has 2 aromatic carbocycles. The number of aryl methyl sites for hydroxylation is 2. The van der Waals surface area contributed by atoms with Crippen LogP contribution in [-0.2, 0) is 12.8 Å². The molecule has 0 aliphatic heterocycles. The van der Waals surface area contributed by atoms with Crippen molar-refractivity contribution < 1.29 is 4.39 Å². The van der Waals surface area contributed by atoms with Gasteiger partial charge in [-0.05, 0) is 78.9 Å². The van der Waals surface area contributed by atoms with E-state index in [4.69, 9.17) is 15.7 Å². The van der Waals surface area contributed by atoms with Crippen LogP contribution in [0.3, 0.4) is 0 Å². The number of fused-ring (bicyclic) bond motifs is 2. The molecular formula is C26H20FN5. The smallest absolute Gasteiger partial charge is 0.165 e. The molecule has 156 valence electrons. The van der Waals surface area contributed by atoms with Crippen molar-refractivity contribution in [2.75, 3.05) is 5.73 Å². The maximum atomic E-state index is 14.5. The number of hydrogen-bond acceptors (Lipinski definition) is 4. The molecule has 0 atom stereocenters. The largest absolute Gasteiger partial charge is 0.383 e. The standard InChI is InChI=1S/C26H20FN5/c27-21-9-2-1-7-19(21)22-12-13-23-26(30-22)32(18-11-10-16-5-3-6-17(16)15-18)25(31-23)20-8-4-14-29-24(20)28/h1-2,4,7-15H,3,5-6H2,(H2,28,29). The fraction of sp³-hybridized carbons (Fsp3) is 0.115. The lowest BCUT2D eigenvalue weighted by atomic mass is 10.1. The van der Waals surface area contributed by atoms with Crippen molar-refractivity contribution >= 4 is 17.0 Å².